The second-order valence-electron chi connectivity index (χ2n) is 8.25. The number of carbonyl (C=O) groups excluding carboxylic acids is 1. The number of rotatable bonds is 6. The van der Waals surface area contributed by atoms with Crippen molar-refractivity contribution in [2.45, 2.75) is 11.1 Å². The van der Waals surface area contributed by atoms with Crippen LogP contribution >= 0.6 is 15.9 Å². The molecular formula is C26H21BrF3N5O5S. The Labute approximate surface area is 240 Å². The van der Waals surface area contributed by atoms with Crippen LogP contribution in [0.15, 0.2) is 94.4 Å². The SMILES string of the molecule is N=C(N)c1cccc(-n2cc(Br)cc2C(=O)Nc2ccc(-c3ccccc3S(N)(=O)=O)cc2)c1.O=C(O)C(F)(F)F. The van der Waals surface area contributed by atoms with E-state index in [2.05, 4.69) is 21.2 Å². The lowest BCUT2D eigenvalue weighted by Crippen LogP contribution is -2.21. The summed E-state index contributed by atoms with van der Waals surface area (Å²) in [6.07, 6.45) is -3.33. The highest BCUT2D eigenvalue weighted by molar-refractivity contribution is 9.10. The number of primary sulfonamides is 1. The van der Waals surface area contributed by atoms with Crippen molar-refractivity contribution in [3.05, 3.63) is 101 Å². The van der Waals surface area contributed by atoms with Gasteiger partial charge in [-0.3, -0.25) is 10.2 Å². The van der Waals surface area contributed by atoms with Crippen LogP contribution in [0.1, 0.15) is 16.1 Å². The van der Waals surface area contributed by atoms with E-state index in [0.29, 0.717) is 38.2 Å². The van der Waals surface area contributed by atoms with Crippen LogP contribution in [0.5, 0.6) is 0 Å². The van der Waals surface area contributed by atoms with Gasteiger partial charge in [0, 0.05) is 33.2 Å². The number of anilines is 1. The lowest BCUT2D eigenvalue weighted by atomic mass is 10.1. The average molecular weight is 652 g/mol. The maximum atomic E-state index is 13.1. The summed E-state index contributed by atoms with van der Waals surface area (Å²) in [7, 11) is -3.88. The van der Waals surface area contributed by atoms with Gasteiger partial charge in [0.15, 0.2) is 0 Å². The van der Waals surface area contributed by atoms with Crippen LogP contribution < -0.4 is 16.2 Å². The molecule has 1 amide bonds. The molecule has 4 aromatic rings. The predicted molar refractivity (Wildman–Crippen MR) is 149 cm³/mol. The first-order valence-corrected chi connectivity index (χ1v) is 13.6. The number of aromatic nitrogens is 1. The summed E-state index contributed by atoms with van der Waals surface area (Å²) in [5, 5.41) is 23.0. The number of benzene rings is 3. The van der Waals surface area contributed by atoms with Crippen LogP contribution in [0.2, 0.25) is 0 Å². The largest absolute Gasteiger partial charge is 0.490 e. The second kappa shape index (κ2) is 12.4. The number of nitrogens with two attached hydrogens (primary N) is 2. The van der Waals surface area contributed by atoms with Crippen molar-refractivity contribution in [2.75, 3.05) is 5.32 Å². The zero-order valence-electron chi connectivity index (χ0n) is 20.7. The van der Waals surface area contributed by atoms with Gasteiger partial charge in [-0.05, 0) is 57.9 Å². The standard InChI is InChI=1S/C24H20BrN5O3S.C2HF3O2/c25-17-13-21(30(14-17)19-5-3-4-16(12-19)23(26)27)24(31)29-18-10-8-15(9-11-18)20-6-1-2-7-22(20)34(28,32)33;3-2(4,5)1(6)7/h1-14H,(H3,26,27)(H,29,31)(H2,28,32,33);(H,6,7). The van der Waals surface area contributed by atoms with E-state index in [-0.39, 0.29) is 16.6 Å². The van der Waals surface area contributed by atoms with Gasteiger partial charge in [-0.15, -0.1) is 0 Å². The molecule has 10 nitrogen and oxygen atoms in total. The van der Waals surface area contributed by atoms with Crippen molar-refractivity contribution < 1.29 is 36.3 Å². The molecule has 0 fully saturated rings. The molecule has 41 heavy (non-hydrogen) atoms. The van der Waals surface area contributed by atoms with Gasteiger partial charge in [-0.25, -0.2) is 18.4 Å². The summed E-state index contributed by atoms with van der Waals surface area (Å²) < 4.78 is 57.9. The van der Waals surface area contributed by atoms with Gasteiger partial charge in [-0.2, -0.15) is 13.2 Å². The van der Waals surface area contributed by atoms with Crippen LogP contribution in [0, 0.1) is 5.41 Å². The highest BCUT2D eigenvalue weighted by Crippen LogP contribution is 2.28. The molecule has 3 aromatic carbocycles. The normalized spacial score (nSPS) is 11.2. The minimum absolute atomic E-state index is 0.0299. The molecule has 0 aliphatic rings. The summed E-state index contributed by atoms with van der Waals surface area (Å²) in [6.45, 7) is 0. The van der Waals surface area contributed by atoms with E-state index in [0.717, 1.165) is 0 Å². The molecule has 0 aliphatic carbocycles. The number of hydrogen-bond donors (Lipinski definition) is 5. The third kappa shape index (κ3) is 8.03. The average Bonchev–Trinajstić information content (AvgIpc) is 3.30. The molecular weight excluding hydrogens is 631 g/mol. The number of sulfonamides is 1. The van der Waals surface area contributed by atoms with Gasteiger partial charge in [0.25, 0.3) is 5.91 Å². The number of aliphatic carboxylic acids is 1. The number of carboxylic acid groups (broad SMARTS) is 1. The predicted octanol–water partition coefficient (Wildman–Crippen LogP) is 4.72. The third-order valence-corrected chi connectivity index (χ3v) is 6.75. The Hall–Kier alpha value is -4.47. The topological polar surface area (TPSA) is 181 Å². The molecule has 0 radical (unpaired) electrons. The minimum atomic E-state index is -5.08. The third-order valence-electron chi connectivity index (χ3n) is 5.34. The number of nitrogen functional groups attached to an aromatic ring is 1. The van der Waals surface area contributed by atoms with Gasteiger partial charge in [-0.1, -0.05) is 42.5 Å². The van der Waals surface area contributed by atoms with Crippen LogP contribution in [-0.2, 0) is 14.8 Å². The Morgan fingerprint density at radius 1 is 0.976 bits per heavy atom. The molecule has 0 unspecified atom stereocenters. The van der Waals surface area contributed by atoms with Gasteiger partial charge < -0.3 is 20.7 Å². The fourth-order valence-electron chi connectivity index (χ4n) is 3.52. The van der Waals surface area contributed by atoms with Crippen LogP contribution in [0.25, 0.3) is 16.8 Å². The molecule has 0 saturated heterocycles. The first-order valence-electron chi connectivity index (χ1n) is 11.2. The molecule has 1 aromatic heterocycles. The quantitative estimate of drug-likeness (QED) is 0.148. The first kappa shape index (κ1) is 31.1. The summed E-state index contributed by atoms with van der Waals surface area (Å²) in [4.78, 5) is 22.0. The van der Waals surface area contributed by atoms with E-state index in [1.807, 2.05) is 6.07 Å². The second-order valence-corrected chi connectivity index (χ2v) is 10.7. The fraction of sp³-hybridized carbons (Fsp3) is 0.0385. The van der Waals surface area contributed by atoms with Gasteiger partial charge >= 0.3 is 12.1 Å². The monoisotopic (exact) mass is 651 g/mol. The number of nitrogens with one attached hydrogen (secondary N) is 2. The lowest BCUT2D eigenvalue weighted by Gasteiger charge is -2.12. The van der Waals surface area contributed by atoms with Crippen molar-refractivity contribution in [2.24, 2.45) is 10.9 Å². The van der Waals surface area contributed by atoms with Crippen molar-refractivity contribution >= 4 is 49.4 Å². The van der Waals surface area contributed by atoms with Crippen molar-refractivity contribution in [3.63, 3.8) is 0 Å². The number of amides is 1. The van der Waals surface area contributed by atoms with E-state index in [4.69, 9.17) is 26.2 Å². The van der Waals surface area contributed by atoms with E-state index in [1.54, 1.807) is 77.5 Å². The molecule has 0 spiro atoms. The molecule has 0 aliphatic heterocycles. The number of nitrogens with zero attached hydrogens (tertiary/aromatic N) is 1. The molecule has 0 bridgehead atoms. The number of alkyl halides is 3. The Morgan fingerprint density at radius 3 is 2.15 bits per heavy atom. The smallest absolute Gasteiger partial charge is 0.475 e. The molecule has 0 saturated carbocycles. The zero-order valence-corrected chi connectivity index (χ0v) is 23.1. The van der Waals surface area contributed by atoms with Gasteiger partial charge in [0.05, 0.1) is 4.90 Å². The highest BCUT2D eigenvalue weighted by atomic mass is 79.9. The Balaban J connectivity index is 0.000000587. The maximum Gasteiger partial charge on any atom is 0.490 e. The summed E-state index contributed by atoms with van der Waals surface area (Å²) in [5.41, 5.74) is 8.85. The maximum absolute atomic E-state index is 13.1. The molecule has 0 atom stereocenters. The van der Waals surface area contributed by atoms with E-state index in [1.165, 1.54) is 6.07 Å². The highest BCUT2D eigenvalue weighted by Gasteiger charge is 2.38. The van der Waals surface area contributed by atoms with Gasteiger partial charge in [0.1, 0.15) is 11.5 Å². The number of halogens is 4. The first-order chi connectivity index (χ1) is 19.1. The summed E-state index contributed by atoms with van der Waals surface area (Å²) in [6, 6.07) is 22.0. The Bertz CT molecular complexity index is 1720. The minimum Gasteiger partial charge on any atom is -0.475 e. The molecule has 15 heteroatoms. The molecule has 4 rings (SSSR count). The molecule has 1 heterocycles. The Morgan fingerprint density at radius 2 is 1.59 bits per heavy atom. The fourth-order valence-corrected chi connectivity index (χ4v) is 4.71. The number of amidine groups is 1. The number of hydrogen-bond acceptors (Lipinski definition) is 5. The lowest BCUT2D eigenvalue weighted by molar-refractivity contribution is -0.192. The van der Waals surface area contributed by atoms with Crippen LogP contribution in [0.3, 0.4) is 0 Å². The van der Waals surface area contributed by atoms with E-state index in [9.17, 15) is 26.4 Å². The number of carboxylic acids is 1. The number of carbonyl (C=O) groups is 2. The summed E-state index contributed by atoms with van der Waals surface area (Å²) >= 11 is 3.41. The summed E-state index contributed by atoms with van der Waals surface area (Å²) in [5.74, 6) is -3.17. The van der Waals surface area contributed by atoms with E-state index >= 15 is 0 Å². The van der Waals surface area contributed by atoms with Crippen LogP contribution in [-0.4, -0.2) is 42.0 Å². The Kier molecular flexibility index (Phi) is 9.37. The van der Waals surface area contributed by atoms with E-state index < -0.39 is 22.2 Å². The van der Waals surface area contributed by atoms with Crippen molar-refractivity contribution in [3.8, 4) is 16.8 Å². The van der Waals surface area contributed by atoms with Crippen molar-refractivity contribution in [1.82, 2.24) is 4.57 Å². The van der Waals surface area contributed by atoms with Crippen molar-refractivity contribution in [1.29, 1.82) is 5.41 Å². The van der Waals surface area contributed by atoms with Gasteiger partial charge in [0.2, 0.25) is 10.0 Å². The zero-order chi connectivity index (χ0) is 30.5. The molecule has 214 valence electrons. The van der Waals surface area contributed by atoms with Crippen LogP contribution in [0.4, 0.5) is 18.9 Å². The molecule has 7 N–H and O–H groups in total.